The quantitative estimate of drug-likeness (QED) is 0.0196. The number of carbonyl (C=O) groups is 7. The number of ether oxygens (including phenoxy) is 3. The number of nitro benzene ring substituents is 1. The Morgan fingerprint density at radius 3 is 1.68 bits per heavy atom. The maximum atomic E-state index is 13.5. The van der Waals surface area contributed by atoms with E-state index in [4.69, 9.17) is 14.2 Å². The Balaban J connectivity index is 1.50. The van der Waals surface area contributed by atoms with Crippen molar-refractivity contribution in [1.29, 1.82) is 0 Å². The van der Waals surface area contributed by atoms with Crippen molar-refractivity contribution in [3.05, 3.63) is 74.2 Å². The van der Waals surface area contributed by atoms with Gasteiger partial charge in [-0.2, -0.15) is 0 Å². The maximum absolute atomic E-state index is 13.5. The predicted molar refractivity (Wildman–Crippen MR) is 239 cm³/mol. The maximum Gasteiger partial charge on any atom is 0.320 e. The molecule has 1 saturated heterocycles. The number of pyridine rings is 1. The van der Waals surface area contributed by atoms with Gasteiger partial charge in [-0.05, 0) is 24.6 Å². The van der Waals surface area contributed by atoms with E-state index >= 15 is 0 Å². The number of carboxylic acid groups (broad SMARTS) is 4. The van der Waals surface area contributed by atoms with E-state index in [-0.39, 0.29) is 159 Å². The lowest BCUT2D eigenvalue weighted by atomic mass is 10.1. The molecule has 1 fully saturated rings. The number of nitrogens with one attached hydrogen (secondary N) is 2. The first kappa shape index (κ1) is 56.7. The smallest absolute Gasteiger partial charge is 0.320 e. The zero-order chi connectivity index (χ0) is 50.7. The minimum absolute atomic E-state index is 0.0129. The predicted octanol–water partition coefficient (Wildman–Crippen LogP) is -2.26. The first-order valence-corrected chi connectivity index (χ1v) is 22.0. The highest BCUT2D eigenvalue weighted by atomic mass is 16.6. The number of amides is 3. The highest BCUT2D eigenvalue weighted by Gasteiger charge is 2.29. The Morgan fingerprint density at radius 2 is 1.17 bits per heavy atom. The summed E-state index contributed by atoms with van der Waals surface area (Å²) in [6, 6.07) is 7.49. The third kappa shape index (κ3) is 21.9. The van der Waals surface area contributed by atoms with Crippen molar-refractivity contribution in [3.8, 4) is 0 Å². The molecular weight excluding hydrogens is 919 g/mol. The Kier molecular flexibility index (Phi) is 25.2. The van der Waals surface area contributed by atoms with Crippen LogP contribution in [-0.4, -0.2) is 245 Å². The van der Waals surface area contributed by atoms with Crippen molar-refractivity contribution in [1.82, 2.24) is 39.9 Å². The summed E-state index contributed by atoms with van der Waals surface area (Å²) < 4.78 is 16.7. The normalized spacial score (nSPS) is 15.0. The van der Waals surface area contributed by atoms with Gasteiger partial charge in [0.05, 0.1) is 64.2 Å². The molecule has 7 N–H and O–H groups in total. The average molecular weight is 980 g/mol. The van der Waals surface area contributed by atoms with Gasteiger partial charge in [-0.3, -0.25) is 68.1 Å². The van der Waals surface area contributed by atoms with Crippen molar-refractivity contribution in [2.24, 2.45) is 0 Å². The number of hydrogen-bond donors (Lipinski definition) is 7. The van der Waals surface area contributed by atoms with Gasteiger partial charge in [0.15, 0.2) is 0 Å². The van der Waals surface area contributed by atoms with Crippen LogP contribution >= 0.6 is 0 Å². The molecule has 2 aromatic rings. The molecule has 0 spiro atoms. The molecule has 2 heterocycles. The van der Waals surface area contributed by atoms with E-state index in [1.54, 1.807) is 19.6 Å². The number of nitrogens with zero attached hydrogens (tertiary/aromatic N) is 7. The van der Waals surface area contributed by atoms with Crippen LogP contribution in [0, 0.1) is 10.1 Å². The minimum Gasteiger partial charge on any atom is -0.480 e. The number of carboxylic acids is 4. The molecule has 27 nitrogen and oxygen atoms in total. The Hall–Kier alpha value is -6.62. The second-order valence-corrected chi connectivity index (χ2v) is 15.5. The molecule has 0 radical (unpaired) electrons. The molecule has 69 heavy (non-hydrogen) atoms. The third-order valence-corrected chi connectivity index (χ3v) is 10.6. The van der Waals surface area contributed by atoms with E-state index in [9.17, 15) is 74.1 Å². The standard InChI is InChI=1S/C42H61N9O18/c52-35(9-8-34(42(62)63)48-19-17-46(29-38(56)57)15-13-45(28-37(54)55)14-16-47(18-20-48)30-39(58)59)43-10-12-49(41(61)33-2-1-3-36(53)50(33)64)21-23-68-25-27-69-26-24-67-22-11-44-40(60)31-4-6-32(7-5-31)51(65)66/h1-7,34,64H,8-30H2,(H,43,52)(H,44,60)(H,54,55)(H,56,57)(H,58,59)(H,62,63). The summed E-state index contributed by atoms with van der Waals surface area (Å²) in [6.07, 6.45) is -0.478. The van der Waals surface area contributed by atoms with Gasteiger partial charge in [0.25, 0.3) is 23.1 Å². The molecule has 3 amide bonds. The molecule has 1 aromatic heterocycles. The van der Waals surface area contributed by atoms with Crippen molar-refractivity contribution in [2.45, 2.75) is 18.9 Å². The van der Waals surface area contributed by atoms with Gasteiger partial charge in [0.1, 0.15) is 11.7 Å². The van der Waals surface area contributed by atoms with E-state index in [2.05, 4.69) is 10.6 Å². The van der Waals surface area contributed by atoms with Gasteiger partial charge in [-0.1, -0.05) is 6.07 Å². The van der Waals surface area contributed by atoms with Crippen molar-refractivity contribution in [2.75, 3.05) is 138 Å². The monoisotopic (exact) mass is 979 g/mol. The molecule has 1 aromatic carbocycles. The molecule has 0 saturated carbocycles. The SMILES string of the molecule is O=C(O)CN1CCN(CC(=O)O)CCN(C(CCC(=O)NCCN(CCOCCOCCOCCNC(=O)c2ccc([N+](=O)[O-])cc2)C(=O)c2cccc(=O)n2O)C(=O)O)CCN(CC(=O)O)CC1. The summed E-state index contributed by atoms with van der Waals surface area (Å²) in [5.41, 5.74) is -1.07. The summed E-state index contributed by atoms with van der Waals surface area (Å²) >= 11 is 0. The van der Waals surface area contributed by atoms with Crippen LogP contribution in [0.4, 0.5) is 5.69 Å². The van der Waals surface area contributed by atoms with Crippen LogP contribution in [0.25, 0.3) is 0 Å². The van der Waals surface area contributed by atoms with E-state index in [1.807, 2.05) is 0 Å². The molecule has 1 atom stereocenters. The first-order valence-electron chi connectivity index (χ1n) is 22.0. The van der Waals surface area contributed by atoms with Crippen LogP contribution in [0.1, 0.15) is 33.7 Å². The highest BCUT2D eigenvalue weighted by molar-refractivity contribution is 5.94. The summed E-state index contributed by atoms with van der Waals surface area (Å²) in [6.45, 7) is 0.366. The summed E-state index contributed by atoms with van der Waals surface area (Å²) in [5, 5.41) is 65.1. The lowest BCUT2D eigenvalue weighted by Crippen LogP contribution is -2.52. The van der Waals surface area contributed by atoms with Gasteiger partial charge in [-0.15, -0.1) is 4.73 Å². The average Bonchev–Trinajstić information content (AvgIpc) is 3.29. The number of benzene rings is 1. The fourth-order valence-electron chi connectivity index (χ4n) is 6.97. The van der Waals surface area contributed by atoms with Crippen molar-refractivity contribution >= 4 is 47.3 Å². The van der Waals surface area contributed by atoms with Crippen molar-refractivity contribution < 1.29 is 78.3 Å². The number of aromatic nitrogens is 1. The Bertz CT molecular complexity index is 2040. The third-order valence-electron chi connectivity index (χ3n) is 10.6. The fourth-order valence-corrected chi connectivity index (χ4v) is 6.97. The molecule has 1 aliphatic rings. The molecular formula is C42H61N9O18. The molecule has 27 heteroatoms. The molecule has 382 valence electrons. The van der Waals surface area contributed by atoms with Crippen molar-refractivity contribution in [3.63, 3.8) is 0 Å². The van der Waals surface area contributed by atoms with Crippen LogP contribution in [0.5, 0.6) is 0 Å². The van der Waals surface area contributed by atoms with E-state index in [0.29, 0.717) is 0 Å². The molecule has 1 aliphatic heterocycles. The fraction of sp³-hybridized carbons (Fsp3) is 0.571. The number of hydrogen-bond acceptors (Lipinski definition) is 18. The van der Waals surface area contributed by atoms with E-state index in [0.717, 1.165) is 6.07 Å². The largest absolute Gasteiger partial charge is 0.480 e. The Morgan fingerprint density at radius 1 is 0.667 bits per heavy atom. The highest BCUT2D eigenvalue weighted by Crippen LogP contribution is 2.13. The van der Waals surface area contributed by atoms with Crippen LogP contribution in [-0.2, 0) is 38.2 Å². The molecule has 0 aliphatic carbocycles. The summed E-state index contributed by atoms with van der Waals surface area (Å²) in [4.78, 5) is 116. The number of carbonyl (C=O) groups excluding carboxylic acids is 3. The number of rotatable bonds is 29. The second kappa shape index (κ2) is 30.7. The van der Waals surface area contributed by atoms with Gasteiger partial charge in [0, 0.05) is 109 Å². The number of non-ortho nitro benzene ring substituents is 1. The van der Waals surface area contributed by atoms with Gasteiger partial charge >= 0.3 is 23.9 Å². The van der Waals surface area contributed by atoms with E-state index < -0.39 is 71.2 Å². The molecule has 1 unspecified atom stereocenters. The summed E-state index contributed by atoms with van der Waals surface area (Å²) in [5.74, 6) is -6.40. The topological polar surface area (TPSA) is 354 Å². The van der Waals surface area contributed by atoms with E-state index in [1.165, 1.54) is 41.3 Å². The zero-order valence-electron chi connectivity index (χ0n) is 38.1. The lowest BCUT2D eigenvalue weighted by molar-refractivity contribution is -0.384. The van der Waals surface area contributed by atoms with Gasteiger partial charge < -0.3 is 55.4 Å². The lowest BCUT2D eigenvalue weighted by Gasteiger charge is -2.35. The zero-order valence-corrected chi connectivity index (χ0v) is 38.1. The van der Waals surface area contributed by atoms with Gasteiger partial charge in [0.2, 0.25) is 5.91 Å². The summed E-state index contributed by atoms with van der Waals surface area (Å²) in [7, 11) is 0. The van der Waals surface area contributed by atoms with Crippen LogP contribution in [0.15, 0.2) is 47.3 Å². The van der Waals surface area contributed by atoms with Crippen LogP contribution < -0.4 is 16.2 Å². The Labute approximate surface area is 395 Å². The van der Waals surface area contributed by atoms with Gasteiger partial charge in [-0.25, -0.2) is 0 Å². The first-order chi connectivity index (χ1) is 32.9. The number of nitro groups is 1. The minimum atomic E-state index is -1.27. The van der Waals surface area contributed by atoms with Crippen LogP contribution in [0.3, 0.4) is 0 Å². The number of aliphatic carboxylic acids is 4. The van der Waals surface area contributed by atoms with Crippen LogP contribution in [0.2, 0.25) is 0 Å². The second-order valence-electron chi connectivity index (χ2n) is 15.5. The molecule has 3 rings (SSSR count). The molecule has 0 bridgehead atoms.